The Morgan fingerprint density at radius 1 is 1.47 bits per heavy atom. The fraction of sp³-hybridized carbons (Fsp3) is 0.500. The molecule has 15 heavy (non-hydrogen) atoms. The molecular weight excluding hydrogens is 232 g/mol. The standard InChI is InChI=1S/C10H12O3S2/c11-5-8-4-10(14-6-8)9-2-1-3-15(12,13)7-9/h4-6,9H,1-3,7H2. The van der Waals surface area contributed by atoms with Crippen molar-refractivity contribution in [3.8, 4) is 0 Å². The van der Waals surface area contributed by atoms with Gasteiger partial charge in [-0.2, -0.15) is 0 Å². The van der Waals surface area contributed by atoms with E-state index in [9.17, 15) is 13.2 Å². The van der Waals surface area contributed by atoms with Gasteiger partial charge < -0.3 is 0 Å². The van der Waals surface area contributed by atoms with Crippen LogP contribution in [0.1, 0.15) is 34.0 Å². The van der Waals surface area contributed by atoms with E-state index in [1.165, 1.54) is 11.3 Å². The van der Waals surface area contributed by atoms with Crippen LogP contribution in [0.5, 0.6) is 0 Å². The fourth-order valence-electron chi connectivity index (χ4n) is 1.89. The van der Waals surface area contributed by atoms with E-state index in [1.54, 1.807) is 5.38 Å². The highest BCUT2D eigenvalue weighted by molar-refractivity contribution is 7.91. The van der Waals surface area contributed by atoms with Crippen LogP contribution in [0.15, 0.2) is 11.4 Å². The highest BCUT2D eigenvalue weighted by atomic mass is 32.2. The molecule has 0 aromatic carbocycles. The van der Waals surface area contributed by atoms with Crippen molar-refractivity contribution in [1.29, 1.82) is 0 Å². The number of rotatable bonds is 2. The fourth-order valence-corrected chi connectivity index (χ4v) is 4.72. The minimum Gasteiger partial charge on any atom is -0.298 e. The van der Waals surface area contributed by atoms with E-state index in [0.717, 1.165) is 24.0 Å². The topological polar surface area (TPSA) is 51.2 Å². The predicted molar refractivity (Wildman–Crippen MR) is 60.3 cm³/mol. The van der Waals surface area contributed by atoms with Gasteiger partial charge in [0.2, 0.25) is 0 Å². The van der Waals surface area contributed by atoms with Gasteiger partial charge in [0.05, 0.1) is 11.5 Å². The van der Waals surface area contributed by atoms with Gasteiger partial charge in [-0.15, -0.1) is 11.3 Å². The molecular formula is C10H12O3S2. The summed E-state index contributed by atoms with van der Waals surface area (Å²) in [6.45, 7) is 0. The summed E-state index contributed by atoms with van der Waals surface area (Å²) >= 11 is 1.49. The molecule has 1 fully saturated rings. The highest BCUT2D eigenvalue weighted by Crippen LogP contribution is 2.32. The normalized spacial score (nSPS) is 24.9. The largest absolute Gasteiger partial charge is 0.298 e. The molecule has 82 valence electrons. The molecule has 1 aromatic rings. The third kappa shape index (κ3) is 2.46. The van der Waals surface area contributed by atoms with E-state index in [2.05, 4.69) is 0 Å². The van der Waals surface area contributed by atoms with Gasteiger partial charge in [-0.25, -0.2) is 8.42 Å². The molecule has 0 radical (unpaired) electrons. The number of carbonyl (C=O) groups is 1. The van der Waals surface area contributed by atoms with Crippen LogP contribution in [0, 0.1) is 0 Å². The summed E-state index contributed by atoms with van der Waals surface area (Å²) < 4.78 is 22.9. The summed E-state index contributed by atoms with van der Waals surface area (Å²) in [5.74, 6) is 0.656. The Balaban J connectivity index is 2.20. The zero-order valence-electron chi connectivity index (χ0n) is 8.18. The number of thiophene rings is 1. The summed E-state index contributed by atoms with van der Waals surface area (Å²) in [5, 5.41) is 1.78. The second kappa shape index (κ2) is 4.06. The SMILES string of the molecule is O=Cc1csc(C2CCCS(=O)(=O)C2)c1. The van der Waals surface area contributed by atoms with Crippen molar-refractivity contribution >= 4 is 27.5 Å². The Hall–Kier alpha value is -0.680. The summed E-state index contributed by atoms with van der Waals surface area (Å²) in [7, 11) is -2.86. The number of hydrogen-bond acceptors (Lipinski definition) is 4. The average molecular weight is 244 g/mol. The number of carbonyl (C=O) groups excluding carboxylic acids is 1. The zero-order valence-corrected chi connectivity index (χ0v) is 9.81. The van der Waals surface area contributed by atoms with Crippen molar-refractivity contribution in [3.63, 3.8) is 0 Å². The second-order valence-electron chi connectivity index (χ2n) is 3.85. The predicted octanol–water partition coefficient (Wildman–Crippen LogP) is 1.85. The van der Waals surface area contributed by atoms with Crippen molar-refractivity contribution in [1.82, 2.24) is 0 Å². The van der Waals surface area contributed by atoms with Crippen molar-refractivity contribution in [2.45, 2.75) is 18.8 Å². The Labute approximate surface area is 93.0 Å². The lowest BCUT2D eigenvalue weighted by molar-refractivity contribution is 0.112. The smallest absolute Gasteiger partial charge is 0.150 e. The van der Waals surface area contributed by atoms with Crippen LogP contribution in [0.4, 0.5) is 0 Å². The van der Waals surface area contributed by atoms with Crippen molar-refractivity contribution in [2.75, 3.05) is 11.5 Å². The molecule has 1 aliphatic heterocycles. The van der Waals surface area contributed by atoms with Crippen molar-refractivity contribution < 1.29 is 13.2 Å². The summed E-state index contributed by atoms with van der Waals surface area (Å²) in [4.78, 5) is 11.5. The van der Waals surface area contributed by atoms with Crippen LogP contribution in [-0.2, 0) is 9.84 Å². The van der Waals surface area contributed by atoms with Gasteiger partial charge >= 0.3 is 0 Å². The van der Waals surface area contributed by atoms with Gasteiger partial charge in [-0.1, -0.05) is 0 Å². The Morgan fingerprint density at radius 2 is 2.27 bits per heavy atom. The Kier molecular flexibility index (Phi) is 2.93. The lowest BCUT2D eigenvalue weighted by Gasteiger charge is -2.20. The summed E-state index contributed by atoms with van der Waals surface area (Å²) in [6.07, 6.45) is 2.46. The number of sulfone groups is 1. The third-order valence-electron chi connectivity index (χ3n) is 2.64. The maximum Gasteiger partial charge on any atom is 0.150 e. The van der Waals surface area contributed by atoms with E-state index in [1.807, 2.05) is 6.07 Å². The molecule has 0 amide bonds. The number of hydrogen-bond donors (Lipinski definition) is 0. The average Bonchev–Trinajstić information content (AvgIpc) is 2.64. The van der Waals surface area contributed by atoms with E-state index in [-0.39, 0.29) is 11.7 Å². The molecule has 1 unspecified atom stereocenters. The maximum atomic E-state index is 11.4. The molecule has 1 atom stereocenters. The van der Waals surface area contributed by atoms with Crippen LogP contribution in [0.2, 0.25) is 0 Å². The third-order valence-corrected chi connectivity index (χ3v) is 5.58. The first-order chi connectivity index (χ1) is 7.11. The highest BCUT2D eigenvalue weighted by Gasteiger charge is 2.26. The molecule has 2 heterocycles. The second-order valence-corrected chi connectivity index (χ2v) is 7.03. The number of aldehydes is 1. The Morgan fingerprint density at radius 3 is 2.87 bits per heavy atom. The molecule has 1 saturated heterocycles. The molecule has 0 spiro atoms. The Bertz CT molecular complexity index is 459. The first-order valence-electron chi connectivity index (χ1n) is 4.85. The van der Waals surface area contributed by atoms with Gasteiger partial charge in [0.1, 0.15) is 0 Å². The van der Waals surface area contributed by atoms with Crippen molar-refractivity contribution in [3.05, 3.63) is 21.9 Å². The first-order valence-corrected chi connectivity index (χ1v) is 7.55. The molecule has 3 nitrogen and oxygen atoms in total. The quantitative estimate of drug-likeness (QED) is 0.746. The van der Waals surface area contributed by atoms with E-state index < -0.39 is 9.84 Å². The lowest BCUT2D eigenvalue weighted by atomic mass is 10.0. The van der Waals surface area contributed by atoms with E-state index in [4.69, 9.17) is 0 Å². The maximum absolute atomic E-state index is 11.4. The zero-order chi connectivity index (χ0) is 10.9. The van der Waals surface area contributed by atoms with Gasteiger partial charge in [-0.3, -0.25) is 4.79 Å². The molecule has 2 rings (SSSR count). The van der Waals surface area contributed by atoms with Gasteiger partial charge in [0.25, 0.3) is 0 Å². The van der Waals surface area contributed by atoms with Crippen LogP contribution in [-0.4, -0.2) is 26.2 Å². The molecule has 1 aliphatic rings. The van der Waals surface area contributed by atoms with E-state index in [0.29, 0.717) is 11.3 Å². The van der Waals surface area contributed by atoms with Crippen molar-refractivity contribution in [2.24, 2.45) is 0 Å². The van der Waals surface area contributed by atoms with Crippen LogP contribution in [0.25, 0.3) is 0 Å². The van der Waals surface area contributed by atoms with Gasteiger partial charge in [-0.05, 0) is 18.9 Å². The van der Waals surface area contributed by atoms with Crippen LogP contribution in [0.3, 0.4) is 0 Å². The monoisotopic (exact) mass is 244 g/mol. The summed E-state index contributed by atoms with van der Waals surface area (Å²) in [5.41, 5.74) is 0.651. The van der Waals surface area contributed by atoms with Gasteiger partial charge in [0, 0.05) is 21.7 Å². The molecule has 0 aliphatic carbocycles. The first kappa shape index (κ1) is 10.8. The molecule has 0 saturated carbocycles. The van der Waals surface area contributed by atoms with E-state index >= 15 is 0 Å². The summed E-state index contributed by atoms with van der Waals surface area (Å²) in [6, 6.07) is 1.81. The van der Waals surface area contributed by atoms with Gasteiger partial charge in [0.15, 0.2) is 16.1 Å². The van der Waals surface area contributed by atoms with Crippen LogP contribution >= 0.6 is 11.3 Å². The lowest BCUT2D eigenvalue weighted by Crippen LogP contribution is -2.23. The minimum atomic E-state index is -2.86. The molecule has 0 bridgehead atoms. The molecule has 1 aromatic heterocycles. The minimum absolute atomic E-state index is 0.0995. The molecule has 0 N–H and O–H groups in total. The van der Waals surface area contributed by atoms with Crippen LogP contribution < -0.4 is 0 Å². The molecule has 5 heteroatoms.